The van der Waals surface area contributed by atoms with Gasteiger partial charge in [-0.05, 0) is 31.5 Å². The first kappa shape index (κ1) is 15.5. The summed E-state index contributed by atoms with van der Waals surface area (Å²) in [6, 6.07) is 12.9. The number of hydrogen-bond donors (Lipinski definition) is 1. The number of para-hydroxylation sites is 1. The Labute approximate surface area is 138 Å². The number of carbonyl (C=O) groups excluding carboxylic acids is 1. The van der Waals surface area contributed by atoms with Crippen LogP contribution in [0.5, 0.6) is 0 Å². The van der Waals surface area contributed by atoms with Crippen LogP contribution in [-0.4, -0.2) is 21.5 Å². The van der Waals surface area contributed by atoms with Gasteiger partial charge in [-0.15, -0.1) is 0 Å². The number of fused-ring (bicyclic) bond motifs is 1. The lowest BCUT2D eigenvalue weighted by Crippen LogP contribution is -2.11. The van der Waals surface area contributed by atoms with Crippen LogP contribution >= 0.6 is 11.8 Å². The van der Waals surface area contributed by atoms with Crippen LogP contribution in [0.4, 0.5) is 0 Å². The number of benzene rings is 2. The molecule has 0 atom stereocenters. The van der Waals surface area contributed by atoms with E-state index in [-0.39, 0.29) is 17.1 Å². The minimum atomic E-state index is -0.183. The molecule has 1 heterocycles. The summed E-state index contributed by atoms with van der Waals surface area (Å²) >= 11 is 1.25. The number of thioether (sulfide) groups is 1. The molecule has 116 valence electrons. The number of ketones is 1. The number of aromatic nitrogens is 2. The van der Waals surface area contributed by atoms with Crippen LogP contribution in [0.1, 0.15) is 21.5 Å². The molecule has 0 bridgehead atoms. The van der Waals surface area contributed by atoms with Gasteiger partial charge in [-0.25, -0.2) is 4.98 Å². The van der Waals surface area contributed by atoms with Gasteiger partial charge in [-0.1, -0.05) is 47.7 Å². The van der Waals surface area contributed by atoms with Crippen LogP contribution in [0.3, 0.4) is 0 Å². The van der Waals surface area contributed by atoms with Crippen molar-refractivity contribution in [2.45, 2.75) is 19.0 Å². The number of nitrogens with one attached hydrogen (secondary N) is 1. The Kier molecular flexibility index (Phi) is 4.30. The molecule has 0 saturated heterocycles. The molecular formula is C18H16N2O2S. The second kappa shape index (κ2) is 6.38. The van der Waals surface area contributed by atoms with Crippen LogP contribution in [-0.2, 0) is 0 Å². The molecule has 3 rings (SSSR count). The highest BCUT2D eigenvalue weighted by atomic mass is 32.2. The van der Waals surface area contributed by atoms with E-state index in [4.69, 9.17) is 0 Å². The van der Waals surface area contributed by atoms with Crippen molar-refractivity contribution in [1.82, 2.24) is 9.97 Å². The topological polar surface area (TPSA) is 62.8 Å². The van der Waals surface area contributed by atoms with Crippen molar-refractivity contribution in [3.8, 4) is 0 Å². The quantitative estimate of drug-likeness (QED) is 0.453. The lowest BCUT2D eigenvalue weighted by Gasteiger charge is -2.06. The van der Waals surface area contributed by atoms with Crippen molar-refractivity contribution >= 4 is 28.4 Å². The van der Waals surface area contributed by atoms with E-state index in [0.29, 0.717) is 21.6 Å². The van der Waals surface area contributed by atoms with Crippen molar-refractivity contribution in [3.05, 3.63) is 69.5 Å². The fraction of sp³-hybridized carbons (Fsp3) is 0.167. The fourth-order valence-electron chi connectivity index (χ4n) is 2.47. The molecule has 0 radical (unpaired) electrons. The van der Waals surface area contributed by atoms with Crippen molar-refractivity contribution in [2.24, 2.45) is 0 Å². The summed E-state index contributed by atoms with van der Waals surface area (Å²) in [7, 11) is 0. The van der Waals surface area contributed by atoms with E-state index in [2.05, 4.69) is 9.97 Å². The van der Waals surface area contributed by atoms with Gasteiger partial charge < -0.3 is 4.98 Å². The van der Waals surface area contributed by atoms with E-state index >= 15 is 0 Å². The molecule has 0 aliphatic carbocycles. The molecule has 1 aromatic heterocycles. The van der Waals surface area contributed by atoms with Crippen molar-refractivity contribution in [3.63, 3.8) is 0 Å². The highest BCUT2D eigenvalue weighted by Crippen LogP contribution is 2.18. The molecule has 0 unspecified atom stereocenters. The van der Waals surface area contributed by atoms with Gasteiger partial charge >= 0.3 is 0 Å². The van der Waals surface area contributed by atoms with Crippen molar-refractivity contribution in [2.75, 3.05) is 5.75 Å². The van der Waals surface area contributed by atoms with Crippen LogP contribution in [0.2, 0.25) is 0 Å². The third-order valence-corrected chi connectivity index (χ3v) is 4.49. The predicted octanol–water partition coefficient (Wildman–Crippen LogP) is 3.51. The molecule has 0 amide bonds. The molecule has 2 aromatic carbocycles. The monoisotopic (exact) mass is 324 g/mol. The molecule has 3 aromatic rings. The smallest absolute Gasteiger partial charge is 0.259 e. The zero-order chi connectivity index (χ0) is 16.4. The number of nitrogens with zero attached hydrogens (tertiary/aromatic N) is 1. The summed E-state index contributed by atoms with van der Waals surface area (Å²) in [5.74, 6) is 0.272. The highest BCUT2D eigenvalue weighted by Gasteiger charge is 2.11. The van der Waals surface area contributed by atoms with Crippen molar-refractivity contribution in [1.29, 1.82) is 0 Å². The Morgan fingerprint density at radius 1 is 1.17 bits per heavy atom. The number of Topliss-reactive ketones (excluding diaryl/α,β-unsaturated/α-hetero) is 1. The number of aromatic amines is 1. The molecule has 0 fully saturated rings. The predicted molar refractivity (Wildman–Crippen MR) is 93.3 cm³/mol. The highest BCUT2D eigenvalue weighted by molar-refractivity contribution is 7.99. The molecule has 0 saturated carbocycles. The number of carbonyl (C=O) groups is 1. The molecular weight excluding hydrogens is 308 g/mol. The molecule has 0 aliphatic rings. The number of hydrogen-bond acceptors (Lipinski definition) is 4. The summed E-state index contributed by atoms with van der Waals surface area (Å²) in [4.78, 5) is 31.5. The van der Waals surface area contributed by atoms with E-state index in [1.165, 1.54) is 11.8 Å². The van der Waals surface area contributed by atoms with Gasteiger partial charge in [0.25, 0.3) is 5.56 Å². The van der Waals surface area contributed by atoms with Crippen LogP contribution in [0, 0.1) is 13.8 Å². The number of H-pyrrole nitrogens is 1. The van der Waals surface area contributed by atoms with E-state index < -0.39 is 0 Å². The first-order chi connectivity index (χ1) is 11.0. The average molecular weight is 324 g/mol. The summed E-state index contributed by atoms with van der Waals surface area (Å²) in [5.41, 5.74) is 3.27. The van der Waals surface area contributed by atoms with Gasteiger partial charge in [-0.2, -0.15) is 0 Å². The number of aryl methyl sites for hydroxylation is 2. The van der Waals surface area contributed by atoms with Crippen LogP contribution < -0.4 is 5.56 Å². The lowest BCUT2D eigenvalue weighted by molar-refractivity contribution is 0.102. The van der Waals surface area contributed by atoms with E-state index in [0.717, 1.165) is 11.1 Å². The van der Waals surface area contributed by atoms with Crippen LogP contribution in [0.15, 0.2) is 52.4 Å². The Morgan fingerprint density at radius 2 is 1.96 bits per heavy atom. The third-order valence-electron chi connectivity index (χ3n) is 3.61. The second-order valence-electron chi connectivity index (χ2n) is 5.42. The summed E-state index contributed by atoms with van der Waals surface area (Å²) in [6.07, 6.45) is 0. The van der Waals surface area contributed by atoms with Gasteiger partial charge in [0.2, 0.25) is 0 Å². The Balaban J connectivity index is 1.80. The molecule has 4 nitrogen and oxygen atoms in total. The normalized spacial score (nSPS) is 10.9. The maximum absolute atomic E-state index is 12.4. The Hall–Kier alpha value is -2.40. The second-order valence-corrected chi connectivity index (χ2v) is 6.38. The lowest BCUT2D eigenvalue weighted by atomic mass is 10.0. The molecule has 23 heavy (non-hydrogen) atoms. The zero-order valence-electron chi connectivity index (χ0n) is 12.9. The van der Waals surface area contributed by atoms with E-state index in [1.807, 2.05) is 38.1 Å². The van der Waals surface area contributed by atoms with Gasteiger partial charge in [0.1, 0.15) is 0 Å². The first-order valence-corrected chi connectivity index (χ1v) is 8.25. The fourth-order valence-corrected chi connectivity index (χ4v) is 3.22. The number of rotatable bonds is 4. The van der Waals surface area contributed by atoms with Gasteiger partial charge in [0.05, 0.1) is 16.7 Å². The van der Waals surface area contributed by atoms with E-state index in [1.54, 1.807) is 18.2 Å². The Morgan fingerprint density at radius 3 is 2.74 bits per heavy atom. The zero-order valence-corrected chi connectivity index (χ0v) is 13.7. The first-order valence-electron chi connectivity index (χ1n) is 7.27. The SMILES string of the molecule is Cc1ccc(C(=O)CSc2nc3ccccc3c(=O)[nH]2)c(C)c1. The maximum atomic E-state index is 12.4. The third kappa shape index (κ3) is 3.35. The molecule has 0 spiro atoms. The minimum absolute atomic E-state index is 0.0308. The Bertz CT molecular complexity index is 947. The molecule has 1 N–H and O–H groups in total. The largest absolute Gasteiger partial charge is 0.301 e. The molecule has 0 aliphatic heterocycles. The van der Waals surface area contributed by atoms with Gasteiger partial charge in [0, 0.05) is 5.56 Å². The summed E-state index contributed by atoms with van der Waals surface area (Å²) in [5, 5.41) is 1.02. The van der Waals surface area contributed by atoms with Gasteiger partial charge in [0.15, 0.2) is 10.9 Å². The maximum Gasteiger partial charge on any atom is 0.259 e. The summed E-state index contributed by atoms with van der Waals surface area (Å²) in [6.45, 7) is 3.93. The van der Waals surface area contributed by atoms with Crippen LogP contribution in [0.25, 0.3) is 10.9 Å². The minimum Gasteiger partial charge on any atom is -0.301 e. The summed E-state index contributed by atoms with van der Waals surface area (Å²) < 4.78 is 0. The standard InChI is InChI=1S/C18H16N2O2S/c1-11-7-8-13(12(2)9-11)16(21)10-23-18-19-15-6-4-3-5-14(15)17(22)20-18/h3-9H,10H2,1-2H3,(H,19,20,22). The average Bonchev–Trinajstić information content (AvgIpc) is 2.53. The van der Waals surface area contributed by atoms with Gasteiger partial charge in [-0.3, -0.25) is 9.59 Å². The van der Waals surface area contributed by atoms with E-state index in [9.17, 15) is 9.59 Å². The van der Waals surface area contributed by atoms with Crippen molar-refractivity contribution < 1.29 is 4.79 Å². The molecule has 5 heteroatoms.